The third-order valence-corrected chi connectivity index (χ3v) is 6.67. The van der Waals surface area contributed by atoms with Crippen LogP contribution in [0.2, 0.25) is 0 Å². The lowest BCUT2D eigenvalue weighted by atomic mass is 9.52. The summed E-state index contributed by atoms with van der Waals surface area (Å²) in [5.41, 5.74) is -1.88. The Hall–Kier alpha value is -1.72. The van der Waals surface area contributed by atoms with Crippen LogP contribution in [-0.2, 0) is 15.2 Å². The summed E-state index contributed by atoms with van der Waals surface area (Å²) in [4.78, 5) is 28.5. The molecule has 2 saturated carbocycles. The van der Waals surface area contributed by atoms with Gasteiger partial charge >= 0.3 is 0 Å². The Bertz CT molecular complexity index is 750. The number of benzene rings is 1. The van der Waals surface area contributed by atoms with Crippen molar-refractivity contribution in [1.29, 1.82) is 0 Å². The first kappa shape index (κ1) is 21.0. The summed E-state index contributed by atoms with van der Waals surface area (Å²) in [5, 5.41) is 12.0. The molecule has 1 aromatic rings. The second kappa shape index (κ2) is 7.27. The van der Waals surface area contributed by atoms with E-state index in [1.165, 1.54) is 0 Å². The minimum Gasteiger partial charge on any atom is -0.497 e. The molecule has 2 atom stereocenters. The number of Topliss-reactive ketones (excluding diaryl/α,β-unsaturated/α-hetero) is 2. The van der Waals surface area contributed by atoms with Crippen molar-refractivity contribution in [3.63, 3.8) is 0 Å². The SMILES string of the molecule is COc1cccc(C2(O)CC3(CCC2CN(C)C)C(=O)CC(C)(C)CC3=O)c1. The number of ketones is 2. The Kier molecular flexibility index (Phi) is 5.45. The van der Waals surface area contributed by atoms with Crippen LogP contribution in [0.1, 0.15) is 51.5 Å². The van der Waals surface area contributed by atoms with Gasteiger partial charge in [-0.3, -0.25) is 9.59 Å². The number of hydrogen-bond acceptors (Lipinski definition) is 5. The molecule has 1 spiro atoms. The molecule has 3 rings (SSSR count). The molecule has 1 N–H and O–H groups in total. The zero-order valence-corrected chi connectivity index (χ0v) is 17.7. The third-order valence-electron chi connectivity index (χ3n) is 6.67. The molecule has 5 nitrogen and oxygen atoms in total. The van der Waals surface area contributed by atoms with E-state index in [4.69, 9.17) is 4.74 Å². The van der Waals surface area contributed by atoms with Gasteiger partial charge in [-0.25, -0.2) is 0 Å². The van der Waals surface area contributed by atoms with E-state index < -0.39 is 11.0 Å². The molecule has 0 aromatic heterocycles. The van der Waals surface area contributed by atoms with Gasteiger partial charge < -0.3 is 14.7 Å². The highest BCUT2D eigenvalue weighted by Gasteiger charge is 2.59. The molecular formula is C23H33NO4. The number of methoxy groups -OCH3 is 1. The minimum absolute atomic E-state index is 0.00151. The lowest BCUT2D eigenvalue weighted by Gasteiger charge is -2.52. The van der Waals surface area contributed by atoms with Crippen LogP contribution in [0, 0.1) is 16.7 Å². The Morgan fingerprint density at radius 1 is 1.18 bits per heavy atom. The maximum Gasteiger partial charge on any atom is 0.147 e. The Morgan fingerprint density at radius 3 is 2.39 bits per heavy atom. The normalized spacial score (nSPS) is 29.3. The molecule has 0 saturated heterocycles. The van der Waals surface area contributed by atoms with Gasteiger partial charge in [0.25, 0.3) is 0 Å². The first-order valence-electron chi connectivity index (χ1n) is 10.1. The van der Waals surface area contributed by atoms with Crippen molar-refractivity contribution in [3.8, 4) is 5.75 Å². The topological polar surface area (TPSA) is 66.8 Å². The number of rotatable bonds is 4. The van der Waals surface area contributed by atoms with Crippen molar-refractivity contribution < 1.29 is 19.4 Å². The zero-order valence-electron chi connectivity index (χ0n) is 17.7. The van der Waals surface area contributed by atoms with Gasteiger partial charge in [-0.2, -0.15) is 0 Å². The molecule has 1 aromatic carbocycles. The number of carbonyl (C=O) groups excluding carboxylic acids is 2. The fourth-order valence-electron chi connectivity index (χ4n) is 5.17. The Labute approximate surface area is 168 Å². The van der Waals surface area contributed by atoms with E-state index >= 15 is 0 Å². The Morgan fingerprint density at radius 2 is 1.82 bits per heavy atom. The molecule has 2 aliphatic rings. The van der Waals surface area contributed by atoms with Crippen molar-refractivity contribution in [2.45, 2.75) is 51.6 Å². The van der Waals surface area contributed by atoms with Gasteiger partial charge in [0.05, 0.1) is 18.1 Å². The van der Waals surface area contributed by atoms with E-state index in [1.54, 1.807) is 7.11 Å². The minimum atomic E-state index is -1.25. The molecule has 2 unspecified atom stereocenters. The summed E-state index contributed by atoms with van der Waals surface area (Å²) >= 11 is 0. The highest BCUT2D eigenvalue weighted by molar-refractivity contribution is 6.09. The lowest BCUT2D eigenvalue weighted by Crippen LogP contribution is -2.57. The lowest BCUT2D eigenvalue weighted by molar-refractivity contribution is -0.166. The van der Waals surface area contributed by atoms with Gasteiger partial charge in [0, 0.05) is 31.7 Å². The summed E-state index contributed by atoms with van der Waals surface area (Å²) in [7, 11) is 5.56. The Balaban J connectivity index is 2.05. The van der Waals surface area contributed by atoms with Gasteiger partial charge in [-0.05, 0) is 50.0 Å². The summed E-state index contributed by atoms with van der Waals surface area (Å²) in [6.45, 7) is 4.64. The summed E-state index contributed by atoms with van der Waals surface area (Å²) < 4.78 is 5.36. The van der Waals surface area contributed by atoms with Crippen LogP contribution in [0.4, 0.5) is 0 Å². The van der Waals surface area contributed by atoms with Gasteiger partial charge in [-0.15, -0.1) is 0 Å². The monoisotopic (exact) mass is 387 g/mol. The smallest absolute Gasteiger partial charge is 0.147 e. The van der Waals surface area contributed by atoms with E-state index in [-0.39, 0.29) is 29.3 Å². The molecule has 0 heterocycles. The van der Waals surface area contributed by atoms with E-state index in [0.29, 0.717) is 38.0 Å². The van der Waals surface area contributed by atoms with Gasteiger partial charge in [-0.1, -0.05) is 26.0 Å². The van der Waals surface area contributed by atoms with Gasteiger partial charge in [0.15, 0.2) is 0 Å². The van der Waals surface area contributed by atoms with E-state index in [0.717, 1.165) is 5.56 Å². The van der Waals surface area contributed by atoms with Crippen LogP contribution in [0.25, 0.3) is 0 Å². The quantitative estimate of drug-likeness (QED) is 0.804. The van der Waals surface area contributed by atoms with Crippen LogP contribution in [0.3, 0.4) is 0 Å². The number of ether oxygens (including phenoxy) is 1. The maximum absolute atomic E-state index is 13.2. The molecule has 0 amide bonds. The van der Waals surface area contributed by atoms with Crippen molar-refractivity contribution in [2.24, 2.45) is 16.7 Å². The largest absolute Gasteiger partial charge is 0.497 e. The number of carbonyl (C=O) groups is 2. The number of hydrogen-bond donors (Lipinski definition) is 1. The number of aliphatic hydroxyl groups is 1. The maximum atomic E-state index is 13.2. The summed E-state index contributed by atoms with van der Waals surface area (Å²) in [5.74, 6) is 0.601. The first-order chi connectivity index (χ1) is 13.0. The molecule has 0 bridgehead atoms. The first-order valence-corrected chi connectivity index (χ1v) is 10.1. The molecule has 154 valence electrons. The molecule has 28 heavy (non-hydrogen) atoms. The van der Waals surface area contributed by atoms with Crippen molar-refractivity contribution >= 4 is 11.6 Å². The predicted octanol–water partition coefficient (Wildman–Crippen LogP) is 3.19. The van der Waals surface area contributed by atoms with E-state index in [9.17, 15) is 14.7 Å². The van der Waals surface area contributed by atoms with Crippen LogP contribution >= 0.6 is 0 Å². The van der Waals surface area contributed by atoms with Crippen molar-refractivity contribution in [1.82, 2.24) is 4.90 Å². The molecule has 5 heteroatoms. The highest BCUT2D eigenvalue weighted by Crippen LogP contribution is 2.55. The van der Waals surface area contributed by atoms with Crippen LogP contribution in [-0.4, -0.2) is 49.3 Å². The van der Waals surface area contributed by atoms with Crippen LogP contribution in [0.15, 0.2) is 24.3 Å². The molecule has 0 aliphatic heterocycles. The zero-order chi connectivity index (χ0) is 20.7. The van der Waals surface area contributed by atoms with Crippen LogP contribution < -0.4 is 4.74 Å². The van der Waals surface area contributed by atoms with Crippen molar-refractivity contribution in [3.05, 3.63) is 29.8 Å². The molecular weight excluding hydrogens is 354 g/mol. The predicted molar refractivity (Wildman–Crippen MR) is 108 cm³/mol. The number of nitrogens with zero attached hydrogens (tertiary/aromatic N) is 1. The van der Waals surface area contributed by atoms with E-state index in [2.05, 4.69) is 4.90 Å². The standard InChI is InChI=1S/C23H33NO4/c1-21(2)12-19(25)22(20(26)13-21)10-9-17(14-24(3)4)23(27,15-22)16-7-6-8-18(11-16)28-5/h6-8,11,17,27H,9-10,12-15H2,1-5H3. The average Bonchev–Trinajstić information content (AvgIpc) is 2.61. The second-order valence-electron chi connectivity index (χ2n) is 9.78. The molecule has 2 fully saturated rings. The van der Waals surface area contributed by atoms with E-state index in [1.807, 2.05) is 52.2 Å². The highest BCUT2D eigenvalue weighted by atomic mass is 16.5. The van der Waals surface area contributed by atoms with Crippen molar-refractivity contribution in [2.75, 3.05) is 27.7 Å². The molecule has 2 aliphatic carbocycles. The average molecular weight is 388 g/mol. The summed E-state index contributed by atoms with van der Waals surface area (Å²) in [6.07, 6.45) is 2.13. The summed E-state index contributed by atoms with van der Waals surface area (Å²) in [6, 6.07) is 7.41. The second-order valence-corrected chi connectivity index (χ2v) is 9.78. The fourth-order valence-corrected chi connectivity index (χ4v) is 5.17. The van der Waals surface area contributed by atoms with Crippen LogP contribution in [0.5, 0.6) is 5.75 Å². The molecule has 0 radical (unpaired) electrons. The fraction of sp³-hybridized carbons (Fsp3) is 0.652. The third kappa shape index (κ3) is 3.62. The van der Waals surface area contributed by atoms with Gasteiger partial charge in [0.1, 0.15) is 17.3 Å². The van der Waals surface area contributed by atoms with Gasteiger partial charge in [0.2, 0.25) is 0 Å².